The molecule has 0 saturated heterocycles. The molecular formula is C14H12F3NS. The Hall–Kier alpha value is -1.62. The second-order valence-electron chi connectivity index (χ2n) is 4.11. The number of anilines is 1. The molecule has 0 aliphatic carbocycles. The molecule has 0 heterocycles. The lowest BCUT2D eigenvalue weighted by Gasteiger charge is -2.12. The van der Waals surface area contributed by atoms with Crippen molar-refractivity contribution in [2.24, 2.45) is 0 Å². The molecule has 0 aliphatic rings. The molecule has 0 atom stereocenters. The first-order valence-electron chi connectivity index (χ1n) is 5.58. The van der Waals surface area contributed by atoms with Crippen LogP contribution in [0.1, 0.15) is 11.1 Å². The first-order chi connectivity index (χ1) is 8.88. The molecule has 0 amide bonds. The largest absolute Gasteiger partial charge is 0.418 e. The van der Waals surface area contributed by atoms with Gasteiger partial charge in [0.2, 0.25) is 0 Å². The van der Waals surface area contributed by atoms with Gasteiger partial charge in [0.05, 0.1) is 5.56 Å². The van der Waals surface area contributed by atoms with Gasteiger partial charge in [0.1, 0.15) is 0 Å². The molecule has 2 rings (SSSR count). The fourth-order valence-electron chi connectivity index (χ4n) is 1.64. The molecule has 5 heteroatoms. The van der Waals surface area contributed by atoms with Gasteiger partial charge in [0.15, 0.2) is 0 Å². The van der Waals surface area contributed by atoms with Gasteiger partial charge in [0, 0.05) is 15.5 Å². The zero-order valence-corrected chi connectivity index (χ0v) is 11.0. The highest BCUT2D eigenvalue weighted by atomic mass is 32.2. The van der Waals surface area contributed by atoms with Crippen molar-refractivity contribution in [3.8, 4) is 0 Å². The van der Waals surface area contributed by atoms with Crippen LogP contribution in [0.25, 0.3) is 0 Å². The van der Waals surface area contributed by atoms with Crippen LogP contribution in [0.3, 0.4) is 0 Å². The van der Waals surface area contributed by atoms with Crippen LogP contribution >= 0.6 is 11.8 Å². The van der Waals surface area contributed by atoms with Crippen LogP contribution in [0.5, 0.6) is 0 Å². The van der Waals surface area contributed by atoms with E-state index in [0.717, 1.165) is 16.5 Å². The van der Waals surface area contributed by atoms with Crippen molar-refractivity contribution in [3.63, 3.8) is 0 Å². The van der Waals surface area contributed by atoms with Gasteiger partial charge in [-0.25, -0.2) is 0 Å². The summed E-state index contributed by atoms with van der Waals surface area (Å²) in [5, 5.41) is 0. The van der Waals surface area contributed by atoms with Crippen molar-refractivity contribution in [2.75, 3.05) is 5.73 Å². The molecule has 19 heavy (non-hydrogen) atoms. The Morgan fingerprint density at radius 2 is 1.74 bits per heavy atom. The van der Waals surface area contributed by atoms with Crippen LogP contribution in [0, 0.1) is 6.92 Å². The lowest BCUT2D eigenvalue weighted by Crippen LogP contribution is -2.08. The molecule has 0 fully saturated rings. The highest BCUT2D eigenvalue weighted by molar-refractivity contribution is 7.99. The predicted octanol–water partition coefficient (Wildman–Crippen LogP) is 4.75. The van der Waals surface area contributed by atoms with Gasteiger partial charge in [-0.2, -0.15) is 13.2 Å². The Labute approximate surface area is 113 Å². The predicted molar refractivity (Wildman–Crippen MR) is 71.2 cm³/mol. The topological polar surface area (TPSA) is 26.0 Å². The SMILES string of the molecule is Cc1ccccc1Sc1ccc(N)c(C(F)(F)F)c1. The zero-order chi connectivity index (χ0) is 14.0. The number of benzene rings is 2. The summed E-state index contributed by atoms with van der Waals surface area (Å²) in [7, 11) is 0. The highest BCUT2D eigenvalue weighted by Crippen LogP contribution is 2.38. The van der Waals surface area contributed by atoms with E-state index < -0.39 is 11.7 Å². The molecule has 100 valence electrons. The average molecular weight is 283 g/mol. The minimum atomic E-state index is -4.42. The molecule has 2 aromatic rings. The first-order valence-corrected chi connectivity index (χ1v) is 6.40. The van der Waals surface area contributed by atoms with Crippen LogP contribution in [0.15, 0.2) is 52.3 Å². The van der Waals surface area contributed by atoms with E-state index in [9.17, 15) is 13.2 Å². The number of alkyl halides is 3. The monoisotopic (exact) mass is 283 g/mol. The molecular weight excluding hydrogens is 271 g/mol. The van der Waals surface area contributed by atoms with Gasteiger partial charge in [-0.3, -0.25) is 0 Å². The van der Waals surface area contributed by atoms with E-state index in [1.54, 1.807) is 6.07 Å². The van der Waals surface area contributed by atoms with Crippen molar-refractivity contribution >= 4 is 17.4 Å². The van der Waals surface area contributed by atoms with Crippen molar-refractivity contribution in [3.05, 3.63) is 53.6 Å². The molecule has 0 unspecified atom stereocenters. The molecule has 0 saturated carbocycles. The smallest absolute Gasteiger partial charge is 0.398 e. The zero-order valence-electron chi connectivity index (χ0n) is 10.2. The molecule has 0 bridgehead atoms. The Kier molecular flexibility index (Phi) is 3.75. The second kappa shape index (κ2) is 5.17. The Balaban J connectivity index is 2.35. The van der Waals surface area contributed by atoms with Gasteiger partial charge in [-0.15, -0.1) is 0 Å². The quantitative estimate of drug-likeness (QED) is 0.805. The standard InChI is InChI=1S/C14H12F3NS/c1-9-4-2-3-5-13(9)19-10-6-7-12(18)11(8-10)14(15,16)17/h2-8H,18H2,1H3. The summed E-state index contributed by atoms with van der Waals surface area (Å²) in [5.74, 6) is 0. The Morgan fingerprint density at radius 3 is 2.37 bits per heavy atom. The summed E-state index contributed by atoms with van der Waals surface area (Å²) >= 11 is 1.30. The van der Waals surface area contributed by atoms with E-state index in [1.165, 1.54) is 17.8 Å². The fourth-order valence-corrected chi connectivity index (χ4v) is 2.58. The van der Waals surface area contributed by atoms with Crippen molar-refractivity contribution in [1.29, 1.82) is 0 Å². The Bertz CT molecular complexity index is 593. The average Bonchev–Trinajstić information content (AvgIpc) is 2.33. The van der Waals surface area contributed by atoms with Crippen molar-refractivity contribution in [1.82, 2.24) is 0 Å². The van der Waals surface area contributed by atoms with E-state index in [0.29, 0.717) is 4.90 Å². The van der Waals surface area contributed by atoms with E-state index in [2.05, 4.69) is 0 Å². The molecule has 0 spiro atoms. The number of aryl methyl sites for hydroxylation is 1. The van der Waals surface area contributed by atoms with Gasteiger partial charge in [0.25, 0.3) is 0 Å². The number of halogens is 3. The summed E-state index contributed by atoms with van der Waals surface area (Å²) < 4.78 is 38.3. The fraction of sp³-hybridized carbons (Fsp3) is 0.143. The summed E-state index contributed by atoms with van der Waals surface area (Å²) in [4.78, 5) is 1.45. The van der Waals surface area contributed by atoms with E-state index >= 15 is 0 Å². The first kappa shape index (κ1) is 13.8. The molecule has 0 aliphatic heterocycles. The molecule has 1 nitrogen and oxygen atoms in total. The van der Waals surface area contributed by atoms with Crippen LogP contribution in [0.4, 0.5) is 18.9 Å². The van der Waals surface area contributed by atoms with Gasteiger partial charge < -0.3 is 5.73 Å². The van der Waals surface area contributed by atoms with Crippen molar-refractivity contribution in [2.45, 2.75) is 22.9 Å². The van der Waals surface area contributed by atoms with E-state index in [4.69, 9.17) is 5.73 Å². The van der Waals surface area contributed by atoms with E-state index in [-0.39, 0.29) is 5.69 Å². The lowest BCUT2D eigenvalue weighted by atomic mass is 10.2. The van der Waals surface area contributed by atoms with Crippen LogP contribution in [-0.4, -0.2) is 0 Å². The maximum Gasteiger partial charge on any atom is 0.418 e. The Morgan fingerprint density at radius 1 is 1.05 bits per heavy atom. The molecule has 2 aromatic carbocycles. The number of hydrogen-bond donors (Lipinski definition) is 1. The maximum atomic E-state index is 12.8. The van der Waals surface area contributed by atoms with Crippen LogP contribution in [-0.2, 0) is 6.18 Å². The number of rotatable bonds is 2. The normalized spacial score (nSPS) is 11.6. The maximum absolute atomic E-state index is 12.8. The lowest BCUT2D eigenvalue weighted by molar-refractivity contribution is -0.137. The minimum absolute atomic E-state index is 0.248. The van der Waals surface area contributed by atoms with Gasteiger partial charge in [-0.1, -0.05) is 30.0 Å². The highest BCUT2D eigenvalue weighted by Gasteiger charge is 2.33. The minimum Gasteiger partial charge on any atom is -0.398 e. The second-order valence-corrected chi connectivity index (χ2v) is 5.23. The summed E-state index contributed by atoms with van der Waals surface area (Å²) in [5.41, 5.74) is 5.36. The van der Waals surface area contributed by atoms with Crippen LogP contribution < -0.4 is 5.73 Å². The summed E-state index contributed by atoms with van der Waals surface area (Å²) in [6.45, 7) is 1.92. The third-order valence-electron chi connectivity index (χ3n) is 2.65. The molecule has 0 radical (unpaired) electrons. The number of nitrogen functional groups attached to an aromatic ring is 1. The van der Waals surface area contributed by atoms with Crippen LogP contribution in [0.2, 0.25) is 0 Å². The number of nitrogens with two attached hydrogens (primary N) is 1. The number of hydrogen-bond acceptors (Lipinski definition) is 2. The van der Waals surface area contributed by atoms with Gasteiger partial charge in [-0.05, 0) is 36.8 Å². The third kappa shape index (κ3) is 3.23. The third-order valence-corrected chi connectivity index (χ3v) is 3.82. The molecule has 0 aromatic heterocycles. The van der Waals surface area contributed by atoms with E-state index in [1.807, 2.05) is 31.2 Å². The summed E-state index contributed by atoms with van der Waals surface area (Å²) in [6.07, 6.45) is -4.42. The van der Waals surface area contributed by atoms with Gasteiger partial charge >= 0.3 is 6.18 Å². The van der Waals surface area contributed by atoms with Crippen molar-refractivity contribution < 1.29 is 13.2 Å². The molecule has 2 N–H and O–H groups in total. The summed E-state index contributed by atoms with van der Waals surface area (Å²) in [6, 6.07) is 11.5.